The standard InChI is InChI=1S/C25H25ClN2O4/c26-23-14-20(16-28-25(23)32-22-10-12-30-13-11-22)24(29)27-15-18-6-8-21(9-7-18)31-17-19-4-2-1-3-5-19/h1-9,14,16,22H,10-13,15,17H2,(H,27,29). The van der Waals surface area contributed by atoms with Crippen molar-refractivity contribution in [1.29, 1.82) is 0 Å². The summed E-state index contributed by atoms with van der Waals surface area (Å²) in [5.74, 6) is 0.877. The van der Waals surface area contributed by atoms with E-state index in [1.807, 2.05) is 54.6 Å². The van der Waals surface area contributed by atoms with Gasteiger partial charge in [-0.3, -0.25) is 4.79 Å². The summed E-state index contributed by atoms with van der Waals surface area (Å²) in [6.45, 7) is 2.24. The maximum Gasteiger partial charge on any atom is 0.253 e. The van der Waals surface area contributed by atoms with Crippen LogP contribution in [-0.2, 0) is 17.9 Å². The van der Waals surface area contributed by atoms with E-state index in [1.54, 1.807) is 6.07 Å². The molecule has 0 saturated carbocycles. The summed E-state index contributed by atoms with van der Waals surface area (Å²) in [6.07, 6.45) is 3.12. The lowest BCUT2D eigenvalue weighted by Crippen LogP contribution is -2.26. The van der Waals surface area contributed by atoms with Crippen LogP contribution in [0.1, 0.15) is 34.3 Å². The number of nitrogens with zero attached hydrogens (tertiary/aromatic N) is 1. The van der Waals surface area contributed by atoms with Crippen molar-refractivity contribution in [2.45, 2.75) is 32.1 Å². The Morgan fingerprint density at radius 3 is 2.53 bits per heavy atom. The molecule has 166 valence electrons. The van der Waals surface area contributed by atoms with Crippen LogP contribution in [0.15, 0.2) is 66.9 Å². The summed E-state index contributed by atoms with van der Waals surface area (Å²) in [5.41, 5.74) is 2.46. The van der Waals surface area contributed by atoms with Crippen molar-refractivity contribution in [3.05, 3.63) is 88.6 Å². The van der Waals surface area contributed by atoms with E-state index in [0.717, 1.165) is 29.7 Å². The molecule has 1 saturated heterocycles. The van der Waals surface area contributed by atoms with Crippen molar-refractivity contribution in [1.82, 2.24) is 10.3 Å². The first kappa shape index (κ1) is 22.1. The Kier molecular flexibility index (Phi) is 7.59. The van der Waals surface area contributed by atoms with E-state index in [4.69, 9.17) is 25.8 Å². The summed E-state index contributed by atoms with van der Waals surface area (Å²) in [7, 11) is 0. The van der Waals surface area contributed by atoms with E-state index >= 15 is 0 Å². The number of aromatic nitrogens is 1. The van der Waals surface area contributed by atoms with Gasteiger partial charge in [0.05, 0.1) is 18.8 Å². The highest BCUT2D eigenvalue weighted by atomic mass is 35.5. The van der Waals surface area contributed by atoms with Crippen LogP contribution in [0, 0.1) is 0 Å². The molecule has 6 nitrogen and oxygen atoms in total. The number of halogens is 1. The molecule has 1 aliphatic rings. The zero-order valence-electron chi connectivity index (χ0n) is 17.6. The van der Waals surface area contributed by atoms with Gasteiger partial charge in [-0.1, -0.05) is 54.1 Å². The largest absolute Gasteiger partial charge is 0.489 e. The maximum atomic E-state index is 12.5. The summed E-state index contributed by atoms with van der Waals surface area (Å²) in [4.78, 5) is 16.7. The van der Waals surface area contributed by atoms with Crippen molar-refractivity contribution in [3.8, 4) is 11.6 Å². The Morgan fingerprint density at radius 2 is 1.81 bits per heavy atom. The third kappa shape index (κ3) is 6.22. The first-order valence-electron chi connectivity index (χ1n) is 10.6. The zero-order chi connectivity index (χ0) is 22.2. The maximum absolute atomic E-state index is 12.5. The first-order valence-corrected chi connectivity index (χ1v) is 11.0. The fourth-order valence-corrected chi connectivity index (χ4v) is 3.53. The molecule has 1 aromatic heterocycles. The number of rotatable bonds is 8. The minimum atomic E-state index is -0.249. The van der Waals surface area contributed by atoms with Gasteiger partial charge in [-0.15, -0.1) is 0 Å². The minimum absolute atomic E-state index is 0.0353. The van der Waals surface area contributed by atoms with E-state index in [2.05, 4.69) is 10.3 Å². The molecular weight excluding hydrogens is 428 g/mol. The van der Waals surface area contributed by atoms with E-state index in [-0.39, 0.29) is 12.0 Å². The Hall–Kier alpha value is -3.09. The van der Waals surface area contributed by atoms with Crippen molar-refractivity contribution in [2.24, 2.45) is 0 Å². The van der Waals surface area contributed by atoms with Gasteiger partial charge < -0.3 is 19.5 Å². The Balaban J connectivity index is 1.27. The molecule has 3 aromatic rings. The summed E-state index contributed by atoms with van der Waals surface area (Å²) in [6, 6.07) is 19.2. The van der Waals surface area contributed by atoms with Crippen molar-refractivity contribution < 1.29 is 19.0 Å². The van der Waals surface area contributed by atoms with Gasteiger partial charge in [-0.2, -0.15) is 0 Å². The molecule has 7 heteroatoms. The van der Waals surface area contributed by atoms with E-state index < -0.39 is 0 Å². The number of ether oxygens (including phenoxy) is 3. The monoisotopic (exact) mass is 452 g/mol. The molecular formula is C25H25ClN2O4. The summed E-state index contributed by atoms with van der Waals surface area (Å²) in [5, 5.41) is 3.21. The number of carbonyl (C=O) groups is 1. The fraction of sp³-hybridized carbons (Fsp3) is 0.280. The van der Waals surface area contributed by atoms with Gasteiger partial charge >= 0.3 is 0 Å². The molecule has 4 rings (SSSR count). The Labute approximate surface area is 192 Å². The van der Waals surface area contributed by atoms with Crippen molar-refractivity contribution in [3.63, 3.8) is 0 Å². The number of nitrogens with one attached hydrogen (secondary N) is 1. The lowest BCUT2D eigenvalue weighted by atomic mass is 10.1. The van der Waals surface area contributed by atoms with E-state index in [9.17, 15) is 4.79 Å². The van der Waals surface area contributed by atoms with Gasteiger partial charge in [-0.05, 0) is 29.3 Å². The van der Waals surface area contributed by atoms with Gasteiger partial charge in [0.15, 0.2) is 0 Å². The highest BCUT2D eigenvalue weighted by Gasteiger charge is 2.18. The molecule has 0 aliphatic carbocycles. The smallest absolute Gasteiger partial charge is 0.253 e. The van der Waals surface area contributed by atoms with Crippen LogP contribution in [0.25, 0.3) is 0 Å². The fourth-order valence-electron chi connectivity index (χ4n) is 3.32. The van der Waals surface area contributed by atoms with Crippen LogP contribution in [0.4, 0.5) is 0 Å². The topological polar surface area (TPSA) is 69.7 Å². The van der Waals surface area contributed by atoms with Crippen LogP contribution in [0.2, 0.25) is 5.02 Å². The van der Waals surface area contributed by atoms with Crippen LogP contribution in [0.3, 0.4) is 0 Å². The predicted octanol–water partition coefficient (Wildman–Crippen LogP) is 4.80. The number of hydrogen-bond acceptors (Lipinski definition) is 5. The van der Waals surface area contributed by atoms with Crippen LogP contribution < -0.4 is 14.8 Å². The van der Waals surface area contributed by atoms with E-state index in [0.29, 0.717) is 42.8 Å². The van der Waals surface area contributed by atoms with Gasteiger partial charge in [0.2, 0.25) is 5.88 Å². The quantitative estimate of drug-likeness (QED) is 0.531. The van der Waals surface area contributed by atoms with Gasteiger partial charge in [0, 0.05) is 25.6 Å². The lowest BCUT2D eigenvalue weighted by Gasteiger charge is -2.23. The van der Waals surface area contributed by atoms with E-state index in [1.165, 1.54) is 6.20 Å². The molecule has 0 spiro atoms. The second kappa shape index (κ2) is 11.0. The highest BCUT2D eigenvalue weighted by molar-refractivity contribution is 6.32. The van der Waals surface area contributed by atoms with Crippen molar-refractivity contribution in [2.75, 3.05) is 13.2 Å². The van der Waals surface area contributed by atoms with Crippen LogP contribution >= 0.6 is 11.6 Å². The number of amides is 1. The summed E-state index contributed by atoms with van der Waals surface area (Å²) >= 11 is 6.29. The number of pyridine rings is 1. The van der Waals surface area contributed by atoms with Gasteiger partial charge in [-0.25, -0.2) is 4.98 Å². The average molecular weight is 453 g/mol. The van der Waals surface area contributed by atoms with Crippen LogP contribution in [0.5, 0.6) is 11.6 Å². The van der Waals surface area contributed by atoms with Gasteiger partial charge in [0.1, 0.15) is 23.5 Å². The zero-order valence-corrected chi connectivity index (χ0v) is 18.4. The molecule has 2 heterocycles. The van der Waals surface area contributed by atoms with Gasteiger partial charge in [0.25, 0.3) is 5.91 Å². The molecule has 0 atom stereocenters. The molecule has 1 fully saturated rings. The Morgan fingerprint density at radius 1 is 1.06 bits per heavy atom. The third-order valence-corrected chi connectivity index (χ3v) is 5.41. The Bertz CT molecular complexity index is 1020. The number of carbonyl (C=O) groups excluding carboxylic acids is 1. The molecule has 0 radical (unpaired) electrons. The molecule has 0 bridgehead atoms. The van der Waals surface area contributed by atoms with Crippen molar-refractivity contribution >= 4 is 17.5 Å². The highest BCUT2D eigenvalue weighted by Crippen LogP contribution is 2.25. The third-order valence-electron chi connectivity index (χ3n) is 5.14. The van der Waals surface area contributed by atoms with Crippen LogP contribution in [-0.4, -0.2) is 30.2 Å². The normalized spacial score (nSPS) is 14.0. The molecule has 32 heavy (non-hydrogen) atoms. The SMILES string of the molecule is O=C(NCc1ccc(OCc2ccccc2)cc1)c1cnc(OC2CCOCC2)c(Cl)c1. The second-order valence-corrected chi connectivity index (χ2v) is 7.95. The predicted molar refractivity (Wildman–Crippen MR) is 122 cm³/mol. The number of hydrogen-bond donors (Lipinski definition) is 1. The molecule has 1 amide bonds. The first-order chi connectivity index (χ1) is 15.7. The molecule has 1 N–H and O–H groups in total. The lowest BCUT2D eigenvalue weighted by molar-refractivity contribution is 0.0238. The number of benzene rings is 2. The summed E-state index contributed by atoms with van der Waals surface area (Å²) < 4.78 is 17.0. The minimum Gasteiger partial charge on any atom is -0.489 e. The molecule has 2 aromatic carbocycles. The molecule has 0 unspecified atom stereocenters. The second-order valence-electron chi connectivity index (χ2n) is 7.54. The molecule has 1 aliphatic heterocycles. The average Bonchev–Trinajstić information content (AvgIpc) is 2.84.